The van der Waals surface area contributed by atoms with Gasteiger partial charge in [0.1, 0.15) is 10.6 Å². The molecule has 0 heterocycles. The van der Waals surface area contributed by atoms with Crippen LogP contribution in [0.15, 0.2) is 47.4 Å². The summed E-state index contributed by atoms with van der Waals surface area (Å²) in [5, 5.41) is 0.478. The van der Waals surface area contributed by atoms with Crippen LogP contribution in [0.3, 0.4) is 0 Å². The van der Waals surface area contributed by atoms with Crippen molar-refractivity contribution in [1.29, 1.82) is 0 Å². The van der Waals surface area contributed by atoms with Gasteiger partial charge in [-0.15, -0.1) is 0 Å². The van der Waals surface area contributed by atoms with Crippen LogP contribution in [0.4, 0.5) is 0 Å². The van der Waals surface area contributed by atoms with E-state index in [2.05, 4.69) is 4.72 Å². The average molecular weight is 402 g/mol. The highest BCUT2D eigenvalue weighted by Crippen LogP contribution is 2.24. The minimum Gasteiger partial charge on any atom is -0.491 e. The van der Waals surface area contributed by atoms with Gasteiger partial charge in [-0.25, -0.2) is 13.1 Å². The number of halogens is 2. The standard InChI is InChI=1S/C18H21Cl2NO3S/c1-13(2)24-16-8-5-14(6-9-16)4-3-11-21-25(22,23)18-12-15(19)7-10-17(18)20/h5-10,12-13,21H,3-4,11H2,1-2H3. The number of hydrogen-bond donors (Lipinski definition) is 1. The highest BCUT2D eigenvalue weighted by molar-refractivity contribution is 7.89. The van der Waals surface area contributed by atoms with Crippen LogP contribution in [0.2, 0.25) is 10.0 Å². The summed E-state index contributed by atoms with van der Waals surface area (Å²) in [6.07, 6.45) is 1.56. The lowest BCUT2D eigenvalue weighted by atomic mass is 10.1. The summed E-state index contributed by atoms with van der Waals surface area (Å²) in [5.74, 6) is 0.829. The third-order valence-corrected chi connectivity index (χ3v) is 5.59. The van der Waals surface area contributed by atoms with Crippen LogP contribution in [0.1, 0.15) is 25.8 Å². The Kier molecular flexibility index (Phi) is 7.14. The zero-order valence-electron chi connectivity index (χ0n) is 14.1. The molecule has 0 saturated heterocycles. The molecule has 0 amide bonds. The van der Waals surface area contributed by atoms with Gasteiger partial charge in [0.2, 0.25) is 10.0 Å². The number of nitrogens with one attached hydrogen (secondary N) is 1. The van der Waals surface area contributed by atoms with E-state index in [4.69, 9.17) is 27.9 Å². The highest BCUT2D eigenvalue weighted by Gasteiger charge is 2.17. The summed E-state index contributed by atoms with van der Waals surface area (Å²) >= 11 is 11.8. The van der Waals surface area contributed by atoms with Crippen LogP contribution >= 0.6 is 23.2 Å². The van der Waals surface area contributed by atoms with Crippen molar-refractivity contribution in [2.24, 2.45) is 0 Å². The Labute approximate surface area is 159 Å². The smallest absolute Gasteiger partial charge is 0.242 e. The molecule has 0 fully saturated rings. The molecule has 1 N–H and O–H groups in total. The van der Waals surface area contributed by atoms with Gasteiger partial charge in [0.25, 0.3) is 0 Å². The molecule has 7 heteroatoms. The minimum absolute atomic E-state index is 0.00291. The maximum Gasteiger partial charge on any atom is 0.242 e. The normalized spacial score (nSPS) is 11.7. The Hall–Kier alpha value is -1.27. The molecular weight excluding hydrogens is 381 g/mol. The molecule has 0 radical (unpaired) electrons. The van der Waals surface area contributed by atoms with Crippen LogP contribution in [-0.4, -0.2) is 21.1 Å². The number of benzene rings is 2. The molecule has 0 aliphatic carbocycles. The van der Waals surface area contributed by atoms with Gasteiger partial charge >= 0.3 is 0 Å². The third kappa shape index (κ3) is 6.19. The third-order valence-electron chi connectivity index (χ3n) is 3.41. The molecule has 0 atom stereocenters. The van der Waals surface area contributed by atoms with Crippen molar-refractivity contribution < 1.29 is 13.2 Å². The second kappa shape index (κ2) is 8.90. The van der Waals surface area contributed by atoms with Crippen LogP contribution < -0.4 is 9.46 Å². The van der Waals surface area contributed by atoms with E-state index in [1.807, 2.05) is 38.1 Å². The molecule has 2 rings (SSSR count). The van der Waals surface area contributed by atoms with Crippen molar-refractivity contribution in [1.82, 2.24) is 4.72 Å². The van der Waals surface area contributed by atoms with Gasteiger partial charge < -0.3 is 4.74 Å². The molecule has 0 saturated carbocycles. The topological polar surface area (TPSA) is 55.4 Å². The Morgan fingerprint density at radius 3 is 2.40 bits per heavy atom. The summed E-state index contributed by atoms with van der Waals surface area (Å²) in [5.41, 5.74) is 1.12. The number of sulfonamides is 1. The fraction of sp³-hybridized carbons (Fsp3) is 0.333. The van der Waals surface area contributed by atoms with Gasteiger partial charge in [0.15, 0.2) is 0 Å². The van der Waals surface area contributed by atoms with Crippen LogP contribution in [-0.2, 0) is 16.4 Å². The molecule has 0 unspecified atom stereocenters. The van der Waals surface area contributed by atoms with E-state index < -0.39 is 10.0 Å². The molecule has 136 valence electrons. The minimum atomic E-state index is -3.67. The SMILES string of the molecule is CC(C)Oc1ccc(CCCNS(=O)(=O)c2cc(Cl)ccc2Cl)cc1. The summed E-state index contributed by atoms with van der Waals surface area (Å²) in [6, 6.07) is 12.2. The maximum atomic E-state index is 12.3. The average Bonchev–Trinajstić information content (AvgIpc) is 2.55. The van der Waals surface area contributed by atoms with E-state index in [0.717, 1.165) is 17.7 Å². The number of hydrogen-bond acceptors (Lipinski definition) is 3. The van der Waals surface area contributed by atoms with Gasteiger partial charge in [-0.1, -0.05) is 35.3 Å². The van der Waals surface area contributed by atoms with Gasteiger partial charge in [0, 0.05) is 11.6 Å². The summed E-state index contributed by atoms with van der Waals surface area (Å²) < 4.78 is 32.7. The van der Waals surface area contributed by atoms with Gasteiger partial charge in [-0.2, -0.15) is 0 Å². The molecular formula is C18H21Cl2NO3S. The highest BCUT2D eigenvalue weighted by atomic mass is 35.5. The summed E-state index contributed by atoms with van der Waals surface area (Å²) in [7, 11) is -3.67. The number of ether oxygens (including phenoxy) is 1. The largest absolute Gasteiger partial charge is 0.491 e. The number of rotatable bonds is 8. The zero-order valence-corrected chi connectivity index (χ0v) is 16.5. The van der Waals surface area contributed by atoms with Gasteiger partial charge in [-0.05, 0) is 62.6 Å². The van der Waals surface area contributed by atoms with Crippen molar-refractivity contribution in [3.63, 3.8) is 0 Å². The van der Waals surface area contributed by atoms with Crippen LogP contribution in [0.5, 0.6) is 5.75 Å². The second-order valence-corrected chi connectivity index (χ2v) is 8.47. The summed E-state index contributed by atoms with van der Waals surface area (Å²) in [4.78, 5) is -0.00291. The van der Waals surface area contributed by atoms with Crippen molar-refractivity contribution >= 4 is 33.2 Å². The molecule has 0 aliphatic rings. The lowest BCUT2D eigenvalue weighted by Crippen LogP contribution is -2.25. The number of aryl methyl sites for hydroxylation is 1. The first kappa shape index (κ1) is 20.0. The lowest BCUT2D eigenvalue weighted by Gasteiger charge is -2.10. The monoisotopic (exact) mass is 401 g/mol. The maximum absolute atomic E-state index is 12.3. The lowest BCUT2D eigenvalue weighted by molar-refractivity contribution is 0.242. The molecule has 0 bridgehead atoms. The van der Waals surface area contributed by atoms with E-state index in [1.165, 1.54) is 12.1 Å². The van der Waals surface area contributed by atoms with E-state index in [1.54, 1.807) is 6.07 Å². The molecule has 25 heavy (non-hydrogen) atoms. The Morgan fingerprint density at radius 1 is 1.08 bits per heavy atom. The predicted molar refractivity (Wildman–Crippen MR) is 102 cm³/mol. The van der Waals surface area contributed by atoms with Crippen molar-refractivity contribution in [2.45, 2.75) is 37.7 Å². The molecule has 0 aliphatic heterocycles. The van der Waals surface area contributed by atoms with E-state index >= 15 is 0 Å². The van der Waals surface area contributed by atoms with Crippen molar-refractivity contribution in [2.75, 3.05) is 6.54 Å². The summed E-state index contributed by atoms with van der Waals surface area (Å²) in [6.45, 7) is 4.27. The van der Waals surface area contributed by atoms with Crippen molar-refractivity contribution in [3.8, 4) is 5.75 Å². The van der Waals surface area contributed by atoms with Crippen LogP contribution in [0.25, 0.3) is 0 Å². The predicted octanol–water partition coefficient (Wildman–Crippen LogP) is 4.69. The molecule has 2 aromatic carbocycles. The second-order valence-electron chi connectivity index (χ2n) is 5.89. The van der Waals surface area contributed by atoms with Crippen LogP contribution in [0, 0.1) is 0 Å². The first-order chi connectivity index (χ1) is 11.8. The zero-order chi connectivity index (χ0) is 18.4. The van der Waals surface area contributed by atoms with Gasteiger partial charge in [-0.3, -0.25) is 0 Å². The Morgan fingerprint density at radius 2 is 1.76 bits per heavy atom. The molecule has 2 aromatic rings. The fourth-order valence-electron chi connectivity index (χ4n) is 2.27. The van der Waals surface area contributed by atoms with E-state index in [-0.39, 0.29) is 16.0 Å². The Bertz CT molecular complexity index is 806. The first-order valence-electron chi connectivity index (χ1n) is 7.98. The van der Waals surface area contributed by atoms with E-state index in [0.29, 0.717) is 18.0 Å². The molecule has 4 nitrogen and oxygen atoms in total. The molecule has 0 spiro atoms. The first-order valence-corrected chi connectivity index (χ1v) is 10.2. The Balaban J connectivity index is 1.87. The van der Waals surface area contributed by atoms with Gasteiger partial charge in [0.05, 0.1) is 11.1 Å². The fourth-order valence-corrected chi connectivity index (χ4v) is 4.10. The quantitative estimate of drug-likeness (QED) is 0.652. The van der Waals surface area contributed by atoms with Crippen molar-refractivity contribution in [3.05, 3.63) is 58.1 Å². The van der Waals surface area contributed by atoms with E-state index in [9.17, 15) is 8.42 Å². The molecule has 0 aromatic heterocycles.